The van der Waals surface area contributed by atoms with Crippen LogP contribution in [0.15, 0.2) is 53.7 Å². The number of benzene rings is 1. The molecular weight excluding hydrogens is 328 g/mol. The van der Waals surface area contributed by atoms with Gasteiger partial charge in [-0.05, 0) is 17.5 Å². The van der Waals surface area contributed by atoms with Crippen LogP contribution < -0.4 is 15.4 Å². The third-order valence-corrected chi connectivity index (χ3v) is 3.59. The molecule has 6 nitrogen and oxygen atoms in total. The highest BCUT2D eigenvalue weighted by atomic mass is 16.5. The molecule has 1 heterocycles. The van der Waals surface area contributed by atoms with Gasteiger partial charge >= 0.3 is 0 Å². The Bertz CT molecular complexity index is 645. The monoisotopic (exact) mass is 356 g/mol. The van der Waals surface area contributed by atoms with Crippen molar-refractivity contribution in [3.63, 3.8) is 0 Å². The molecule has 6 heteroatoms. The minimum atomic E-state index is 0.612. The lowest BCUT2D eigenvalue weighted by Crippen LogP contribution is -2.38. The largest absolute Gasteiger partial charge is 0.478 e. The number of nitrogens with zero attached hydrogens (tertiary/aromatic N) is 2. The molecule has 0 atom stereocenters. The maximum absolute atomic E-state index is 5.65. The van der Waals surface area contributed by atoms with Crippen molar-refractivity contribution in [1.29, 1.82) is 0 Å². The van der Waals surface area contributed by atoms with Gasteiger partial charge in [0.1, 0.15) is 0 Å². The molecule has 0 unspecified atom stereocenters. The van der Waals surface area contributed by atoms with Crippen LogP contribution in [-0.2, 0) is 17.9 Å². The van der Waals surface area contributed by atoms with Crippen molar-refractivity contribution in [2.24, 2.45) is 4.99 Å². The quantitative estimate of drug-likeness (QED) is 0.389. The minimum Gasteiger partial charge on any atom is -0.478 e. The van der Waals surface area contributed by atoms with E-state index in [1.165, 1.54) is 5.56 Å². The summed E-state index contributed by atoms with van der Waals surface area (Å²) in [5.74, 6) is 1.40. The van der Waals surface area contributed by atoms with Gasteiger partial charge in [-0.25, -0.2) is 4.98 Å². The van der Waals surface area contributed by atoms with Gasteiger partial charge in [-0.15, -0.1) is 0 Å². The van der Waals surface area contributed by atoms with Crippen LogP contribution in [0.3, 0.4) is 0 Å². The first kappa shape index (κ1) is 19.7. The number of ether oxygens (including phenoxy) is 2. The van der Waals surface area contributed by atoms with Gasteiger partial charge in [0, 0.05) is 32.4 Å². The lowest BCUT2D eigenvalue weighted by Gasteiger charge is -2.12. The first-order valence-electron chi connectivity index (χ1n) is 8.95. The summed E-state index contributed by atoms with van der Waals surface area (Å²) in [6.45, 7) is 5.32. The predicted octanol–water partition coefficient (Wildman–Crippen LogP) is 2.75. The Morgan fingerprint density at radius 3 is 2.58 bits per heavy atom. The molecule has 0 saturated heterocycles. The number of hydrogen-bond donors (Lipinski definition) is 2. The van der Waals surface area contributed by atoms with Gasteiger partial charge in [-0.2, -0.15) is 0 Å². The molecule has 0 fully saturated rings. The second kappa shape index (κ2) is 11.9. The summed E-state index contributed by atoms with van der Waals surface area (Å²) in [5.41, 5.74) is 2.24. The third-order valence-electron chi connectivity index (χ3n) is 3.59. The van der Waals surface area contributed by atoms with E-state index in [1.807, 2.05) is 36.5 Å². The lowest BCUT2D eigenvalue weighted by molar-refractivity contribution is 0.125. The Balaban J connectivity index is 1.63. The topological polar surface area (TPSA) is 67.8 Å². The molecule has 0 bridgehead atoms. The van der Waals surface area contributed by atoms with E-state index >= 15 is 0 Å². The van der Waals surface area contributed by atoms with Crippen LogP contribution in [0.1, 0.15) is 24.5 Å². The van der Waals surface area contributed by atoms with Gasteiger partial charge in [0.2, 0.25) is 5.88 Å². The number of guanidine groups is 1. The van der Waals surface area contributed by atoms with E-state index in [4.69, 9.17) is 9.47 Å². The van der Waals surface area contributed by atoms with Gasteiger partial charge in [0.25, 0.3) is 0 Å². The van der Waals surface area contributed by atoms with E-state index < -0.39 is 0 Å². The van der Waals surface area contributed by atoms with E-state index in [0.717, 1.165) is 17.9 Å². The van der Waals surface area contributed by atoms with Crippen molar-refractivity contribution in [1.82, 2.24) is 15.6 Å². The average molecular weight is 356 g/mol. The molecule has 2 N–H and O–H groups in total. The summed E-state index contributed by atoms with van der Waals surface area (Å²) in [4.78, 5) is 8.50. The fourth-order valence-electron chi connectivity index (χ4n) is 2.22. The van der Waals surface area contributed by atoms with Gasteiger partial charge in [-0.1, -0.05) is 43.3 Å². The van der Waals surface area contributed by atoms with E-state index in [2.05, 4.69) is 39.7 Å². The zero-order valence-electron chi connectivity index (χ0n) is 15.6. The molecule has 0 spiro atoms. The molecule has 140 valence electrons. The Morgan fingerprint density at radius 1 is 1.04 bits per heavy atom. The zero-order chi connectivity index (χ0) is 18.5. The fraction of sp³-hybridized carbons (Fsp3) is 0.400. The van der Waals surface area contributed by atoms with Gasteiger partial charge in [0.15, 0.2) is 5.96 Å². The predicted molar refractivity (Wildman–Crippen MR) is 104 cm³/mol. The molecule has 0 saturated carbocycles. The van der Waals surface area contributed by atoms with Crippen molar-refractivity contribution in [3.8, 4) is 5.88 Å². The second-order valence-electron chi connectivity index (χ2n) is 5.74. The van der Waals surface area contributed by atoms with Crippen LogP contribution in [0.5, 0.6) is 5.88 Å². The molecule has 0 amide bonds. The first-order chi connectivity index (χ1) is 12.8. The molecule has 0 radical (unpaired) electrons. The van der Waals surface area contributed by atoms with E-state index in [-0.39, 0.29) is 0 Å². The summed E-state index contributed by atoms with van der Waals surface area (Å²) in [7, 11) is 1.75. The maximum atomic E-state index is 5.65. The Kier molecular flexibility index (Phi) is 9.00. The van der Waals surface area contributed by atoms with Gasteiger partial charge < -0.3 is 20.1 Å². The number of pyridine rings is 1. The molecule has 1 aromatic carbocycles. The van der Waals surface area contributed by atoms with Crippen molar-refractivity contribution in [3.05, 3.63) is 59.8 Å². The number of hydrogen-bond acceptors (Lipinski definition) is 4. The number of aliphatic imine (C=N–C) groups is 1. The highest BCUT2D eigenvalue weighted by molar-refractivity contribution is 5.79. The second-order valence-corrected chi connectivity index (χ2v) is 5.74. The third kappa shape index (κ3) is 7.53. The van der Waals surface area contributed by atoms with Crippen LogP contribution in [-0.4, -0.2) is 37.7 Å². The van der Waals surface area contributed by atoms with Crippen LogP contribution in [0.25, 0.3) is 0 Å². The highest BCUT2D eigenvalue weighted by Gasteiger charge is 2.00. The standard InChI is InChI=1S/C20H28N4O2/c1-3-12-26-19-10-9-18(14-23-19)15-24-20(21-2)22-11-13-25-16-17-7-5-4-6-8-17/h4-10,14H,3,11-13,15-16H2,1-2H3,(H2,21,22,24). The van der Waals surface area contributed by atoms with E-state index in [1.54, 1.807) is 7.05 Å². The Morgan fingerprint density at radius 2 is 1.88 bits per heavy atom. The van der Waals surface area contributed by atoms with Crippen molar-refractivity contribution in [2.45, 2.75) is 26.5 Å². The van der Waals surface area contributed by atoms with E-state index in [9.17, 15) is 0 Å². The van der Waals surface area contributed by atoms with Crippen molar-refractivity contribution >= 4 is 5.96 Å². The summed E-state index contributed by atoms with van der Waals surface area (Å²) in [5, 5.41) is 6.49. The zero-order valence-corrected chi connectivity index (χ0v) is 15.6. The molecule has 2 rings (SSSR count). The normalized spacial score (nSPS) is 11.2. The smallest absolute Gasteiger partial charge is 0.213 e. The molecule has 0 aliphatic rings. The van der Waals surface area contributed by atoms with Crippen LogP contribution >= 0.6 is 0 Å². The van der Waals surface area contributed by atoms with Crippen molar-refractivity contribution in [2.75, 3.05) is 26.8 Å². The van der Waals surface area contributed by atoms with Crippen LogP contribution in [0.4, 0.5) is 0 Å². The highest BCUT2D eigenvalue weighted by Crippen LogP contribution is 2.07. The molecule has 0 aliphatic carbocycles. The summed E-state index contributed by atoms with van der Waals surface area (Å²) < 4.78 is 11.1. The maximum Gasteiger partial charge on any atom is 0.213 e. The molecular formula is C20H28N4O2. The molecule has 1 aromatic heterocycles. The average Bonchev–Trinajstić information content (AvgIpc) is 2.70. The summed E-state index contributed by atoms with van der Waals surface area (Å²) in [6, 6.07) is 14.0. The van der Waals surface area contributed by atoms with Gasteiger partial charge in [-0.3, -0.25) is 4.99 Å². The van der Waals surface area contributed by atoms with Crippen LogP contribution in [0.2, 0.25) is 0 Å². The molecule has 26 heavy (non-hydrogen) atoms. The number of aromatic nitrogens is 1. The fourth-order valence-corrected chi connectivity index (χ4v) is 2.22. The Hall–Kier alpha value is -2.60. The molecule has 2 aromatic rings. The number of rotatable bonds is 10. The molecule has 0 aliphatic heterocycles. The minimum absolute atomic E-state index is 0.612. The lowest BCUT2D eigenvalue weighted by atomic mass is 10.2. The SMILES string of the molecule is CCCOc1ccc(CNC(=NC)NCCOCc2ccccc2)cn1. The summed E-state index contributed by atoms with van der Waals surface area (Å²) in [6.07, 6.45) is 2.79. The van der Waals surface area contributed by atoms with Gasteiger partial charge in [0.05, 0.1) is 19.8 Å². The Labute approximate surface area is 155 Å². The van der Waals surface area contributed by atoms with Crippen LogP contribution in [0, 0.1) is 0 Å². The summed E-state index contributed by atoms with van der Waals surface area (Å²) >= 11 is 0. The first-order valence-corrected chi connectivity index (χ1v) is 8.95. The van der Waals surface area contributed by atoms with Crippen molar-refractivity contribution < 1.29 is 9.47 Å². The van der Waals surface area contributed by atoms with E-state index in [0.29, 0.717) is 38.8 Å². The number of nitrogens with one attached hydrogen (secondary N) is 2.